The maximum Gasteiger partial charge on any atom is 0.235 e. The highest BCUT2D eigenvalue weighted by Gasteiger charge is 2.23. The van der Waals surface area contributed by atoms with E-state index in [-0.39, 0.29) is 0 Å². The lowest BCUT2D eigenvalue weighted by Gasteiger charge is -2.13. The average molecular weight is 592 g/mol. The summed E-state index contributed by atoms with van der Waals surface area (Å²) in [6, 6.07) is 45.0. The second kappa shape index (κ2) is 8.44. The quantitative estimate of drug-likeness (QED) is 0.201. The molecule has 0 saturated heterocycles. The number of para-hydroxylation sites is 1. The summed E-state index contributed by atoms with van der Waals surface area (Å²) in [4.78, 5) is 10.7. The second-order valence-electron chi connectivity index (χ2n) is 11.7. The summed E-state index contributed by atoms with van der Waals surface area (Å²) in [6.45, 7) is 0. The Kier molecular flexibility index (Phi) is 4.43. The zero-order valence-corrected chi connectivity index (χ0v) is 24.6. The molecule has 0 aliphatic heterocycles. The summed E-state index contributed by atoms with van der Waals surface area (Å²) >= 11 is 1.83. The zero-order valence-electron chi connectivity index (χ0n) is 23.8. The number of fused-ring (bicyclic) bond motifs is 4. The smallest absolute Gasteiger partial charge is 0.235 e. The van der Waals surface area contributed by atoms with Crippen LogP contribution in [0.3, 0.4) is 0 Å². The molecular formula is C40H21N3OS. The van der Waals surface area contributed by atoms with Crippen molar-refractivity contribution in [3.8, 4) is 17.2 Å². The lowest BCUT2D eigenvalue weighted by molar-refractivity contribution is 0.664. The molecule has 4 aromatic heterocycles. The number of hydrogen-bond donors (Lipinski definition) is 0. The minimum absolute atomic E-state index is 0.662. The van der Waals surface area contributed by atoms with Gasteiger partial charge in [-0.25, -0.2) is 9.97 Å². The first kappa shape index (κ1) is 23.6. The van der Waals surface area contributed by atoms with Crippen molar-refractivity contribution in [1.29, 1.82) is 0 Å². The standard InChI is InChI=1S/C40H21N3OS/c1-3-13-27-24(10-1)39(26-12-7-17-33-36(26)25-11-2-4-16-32(25)45-33)42-40(41-27)43-28-20-18-22-8-5-14-30-34(22)37(28)38-29(43)21-19-23-9-6-15-31(44-30)35(23)38/h1-21H. The van der Waals surface area contributed by atoms with E-state index >= 15 is 0 Å². The number of nitrogens with zero attached hydrogens (tertiary/aromatic N) is 3. The van der Waals surface area contributed by atoms with Crippen molar-refractivity contribution < 1.29 is 4.42 Å². The van der Waals surface area contributed by atoms with Crippen molar-refractivity contribution in [2.45, 2.75) is 0 Å². The molecule has 11 aromatic rings. The van der Waals surface area contributed by atoms with Gasteiger partial charge < -0.3 is 4.42 Å². The molecule has 4 heterocycles. The van der Waals surface area contributed by atoms with E-state index in [2.05, 4.69) is 132 Å². The van der Waals surface area contributed by atoms with Crippen LogP contribution in [0.25, 0.3) is 103 Å². The van der Waals surface area contributed by atoms with Crippen molar-refractivity contribution in [3.05, 3.63) is 127 Å². The van der Waals surface area contributed by atoms with Crippen LogP contribution in [-0.4, -0.2) is 14.5 Å². The van der Waals surface area contributed by atoms with Gasteiger partial charge in [0, 0.05) is 52.7 Å². The van der Waals surface area contributed by atoms with E-state index in [1.54, 1.807) is 0 Å². The van der Waals surface area contributed by atoms with Crippen LogP contribution >= 0.6 is 11.3 Å². The van der Waals surface area contributed by atoms with E-state index < -0.39 is 0 Å². The molecule has 0 atom stereocenters. The maximum atomic E-state index is 6.62. The third-order valence-corrected chi connectivity index (χ3v) is 10.5. The Morgan fingerprint density at radius 3 is 1.89 bits per heavy atom. The van der Waals surface area contributed by atoms with Crippen LogP contribution in [0, 0.1) is 0 Å². The molecule has 0 amide bonds. The van der Waals surface area contributed by atoms with Crippen LogP contribution in [0.15, 0.2) is 132 Å². The lowest BCUT2D eigenvalue weighted by Crippen LogP contribution is -2.03. The number of benzene rings is 7. The topological polar surface area (TPSA) is 43.9 Å². The second-order valence-corrected chi connectivity index (χ2v) is 12.8. The molecule has 0 N–H and O–H groups in total. The summed E-state index contributed by atoms with van der Waals surface area (Å²) in [5.41, 5.74) is 6.87. The molecule has 0 radical (unpaired) electrons. The summed E-state index contributed by atoms with van der Waals surface area (Å²) in [6.07, 6.45) is 0. The van der Waals surface area contributed by atoms with E-state index in [4.69, 9.17) is 14.4 Å². The Hall–Kier alpha value is -5.78. The van der Waals surface area contributed by atoms with E-state index in [9.17, 15) is 0 Å². The predicted molar refractivity (Wildman–Crippen MR) is 188 cm³/mol. The predicted octanol–water partition coefficient (Wildman–Crippen LogP) is 11.3. The van der Waals surface area contributed by atoms with Gasteiger partial charge in [-0.1, -0.05) is 84.9 Å². The van der Waals surface area contributed by atoms with Gasteiger partial charge in [0.1, 0.15) is 11.2 Å². The minimum atomic E-state index is 0.662. The Bertz CT molecular complexity index is 2900. The SMILES string of the molecule is c1ccc2c(-c3cccc4sc5ccccc5c34)nc(-n3c4ccc5cccc6oc7cccc8ccc3c(c87)c4c56)nc2c1. The Morgan fingerprint density at radius 2 is 1.13 bits per heavy atom. The summed E-state index contributed by atoms with van der Waals surface area (Å²) in [5, 5.41) is 10.5. The molecule has 0 aliphatic carbocycles. The fraction of sp³-hybridized carbons (Fsp3) is 0. The third kappa shape index (κ3) is 3.05. The van der Waals surface area contributed by atoms with Gasteiger partial charge >= 0.3 is 0 Å². The average Bonchev–Trinajstić information content (AvgIpc) is 3.59. The molecule has 0 aliphatic rings. The van der Waals surface area contributed by atoms with Crippen LogP contribution in [0.5, 0.6) is 0 Å². The first-order chi connectivity index (χ1) is 22.3. The summed E-state index contributed by atoms with van der Waals surface area (Å²) < 4.78 is 11.4. The van der Waals surface area contributed by atoms with Gasteiger partial charge in [0.25, 0.3) is 0 Å². The largest absolute Gasteiger partial charge is 0.456 e. The number of aromatic nitrogens is 3. The first-order valence-electron chi connectivity index (χ1n) is 15.1. The van der Waals surface area contributed by atoms with Crippen LogP contribution < -0.4 is 0 Å². The van der Waals surface area contributed by atoms with Crippen molar-refractivity contribution >= 4 is 96.9 Å². The normalized spacial score (nSPS) is 12.4. The number of thiophene rings is 1. The molecular weight excluding hydrogens is 571 g/mol. The maximum absolute atomic E-state index is 6.62. The van der Waals surface area contributed by atoms with Crippen LogP contribution in [0.4, 0.5) is 0 Å². The van der Waals surface area contributed by atoms with Gasteiger partial charge in [-0.05, 0) is 53.2 Å². The fourth-order valence-electron chi connectivity index (χ4n) is 7.52. The number of rotatable bonds is 2. The molecule has 7 aromatic carbocycles. The van der Waals surface area contributed by atoms with Gasteiger partial charge in [-0.2, -0.15) is 0 Å². The van der Waals surface area contributed by atoms with Gasteiger partial charge in [-0.3, -0.25) is 4.57 Å². The van der Waals surface area contributed by atoms with E-state index in [1.807, 2.05) is 11.3 Å². The van der Waals surface area contributed by atoms with Crippen LogP contribution in [0.2, 0.25) is 0 Å². The van der Waals surface area contributed by atoms with Gasteiger partial charge in [0.05, 0.1) is 22.2 Å². The Balaban J connectivity index is 1.33. The monoisotopic (exact) mass is 591 g/mol. The van der Waals surface area contributed by atoms with E-state index in [1.165, 1.54) is 30.9 Å². The molecule has 5 heteroatoms. The van der Waals surface area contributed by atoms with E-state index in [0.29, 0.717) is 5.95 Å². The molecule has 45 heavy (non-hydrogen) atoms. The van der Waals surface area contributed by atoms with E-state index in [0.717, 1.165) is 65.9 Å². The summed E-state index contributed by atoms with van der Waals surface area (Å²) in [7, 11) is 0. The zero-order chi connectivity index (χ0) is 29.2. The van der Waals surface area contributed by atoms with Crippen molar-refractivity contribution in [2.24, 2.45) is 0 Å². The highest BCUT2D eigenvalue weighted by molar-refractivity contribution is 7.25. The number of hydrogen-bond acceptors (Lipinski definition) is 4. The van der Waals surface area contributed by atoms with Crippen LogP contribution in [0.1, 0.15) is 0 Å². The fourth-order valence-corrected chi connectivity index (χ4v) is 8.66. The molecule has 0 bridgehead atoms. The highest BCUT2D eigenvalue weighted by atomic mass is 32.1. The Labute approximate surface area is 259 Å². The highest BCUT2D eigenvalue weighted by Crippen LogP contribution is 2.45. The van der Waals surface area contributed by atoms with Gasteiger partial charge in [0.2, 0.25) is 5.95 Å². The molecule has 4 nitrogen and oxygen atoms in total. The van der Waals surface area contributed by atoms with Crippen molar-refractivity contribution in [1.82, 2.24) is 14.5 Å². The third-order valence-electron chi connectivity index (χ3n) is 9.37. The first-order valence-corrected chi connectivity index (χ1v) is 15.9. The summed E-state index contributed by atoms with van der Waals surface area (Å²) in [5.74, 6) is 0.662. The molecule has 0 saturated carbocycles. The lowest BCUT2D eigenvalue weighted by atomic mass is 10.00. The van der Waals surface area contributed by atoms with Crippen LogP contribution in [-0.2, 0) is 0 Å². The molecule has 0 fully saturated rings. The molecule has 208 valence electrons. The molecule has 0 spiro atoms. The molecule has 11 rings (SSSR count). The molecule has 0 unspecified atom stereocenters. The Morgan fingerprint density at radius 1 is 0.489 bits per heavy atom. The van der Waals surface area contributed by atoms with Crippen molar-refractivity contribution in [3.63, 3.8) is 0 Å². The van der Waals surface area contributed by atoms with Gasteiger partial charge in [-0.15, -0.1) is 11.3 Å². The van der Waals surface area contributed by atoms with Crippen molar-refractivity contribution in [2.75, 3.05) is 0 Å². The minimum Gasteiger partial charge on any atom is -0.456 e. The van der Waals surface area contributed by atoms with Gasteiger partial charge in [0.15, 0.2) is 0 Å².